The number of amides is 1. The summed E-state index contributed by atoms with van der Waals surface area (Å²) in [4.78, 5) is 22.3. The molecule has 0 bridgehead atoms. The molecule has 1 amide bonds. The Labute approximate surface area is 70.6 Å². The highest BCUT2D eigenvalue weighted by Crippen LogP contribution is 2.15. The van der Waals surface area contributed by atoms with Gasteiger partial charge in [0, 0.05) is 12.6 Å². The largest absolute Gasteiger partial charge is 0.317 e. The maximum atomic E-state index is 10.5. The SMILES string of the molecule is CN(C=O)c1ccccc1C=O. The van der Waals surface area contributed by atoms with Crippen LogP contribution >= 0.6 is 0 Å². The van der Waals surface area contributed by atoms with E-state index in [0.717, 1.165) is 6.29 Å². The molecule has 62 valence electrons. The summed E-state index contributed by atoms with van der Waals surface area (Å²) in [7, 11) is 1.61. The van der Waals surface area contributed by atoms with Crippen LogP contribution in [0.4, 0.5) is 5.69 Å². The van der Waals surface area contributed by atoms with Crippen LogP contribution in [0.25, 0.3) is 0 Å². The number of hydrogen-bond acceptors (Lipinski definition) is 2. The maximum absolute atomic E-state index is 10.5. The van der Waals surface area contributed by atoms with Crippen LogP contribution in [-0.4, -0.2) is 19.7 Å². The van der Waals surface area contributed by atoms with Crippen LogP contribution in [0.1, 0.15) is 10.4 Å². The molecule has 0 N–H and O–H groups in total. The first-order valence-electron chi connectivity index (χ1n) is 3.52. The van der Waals surface area contributed by atoms with Crippen molar-refractivity contribution in [2.24, 2.45) is 0 Å². The molecule has 0 heterocycles. The summed E-state index contributed by atoms with van der Waals surface area (Å²) in [5, 5.41) is 0. The van der Waals surface area contributed by atoms with Gasteiger partial charge in [-0.05, 0) is 12.1 Å². The molecule has 0 spiro atoms. The Kier molecular flexibility index (Phi) is 2.58. The van der Waals surface area contributed by atoms with E-state index in [1.54, 1.807) is 31.3 Å². The molecule has 0 unspecified atom stereocenters. The van der Waals surface area contributed by atoms with Crippen molar-refractivity contribution in [3.05, 3.63) is 29.8 Å². The lowest BCUT2D eigenvalue weighted by molar-refractivity contribution is -0.107. The van der Waals surface area contributed by atoms with Crippen molar-refractivity contribution in [2.45, 2.75) is 0 Å². The fourth-order valence-electron chi connectivity index (χ4n) is 0.965. The molecule has 0 saturated carbocycles. The summed E-state index contributed by atoms with van der Waals surface area (Å²) >= 11 is 0. The smallest absolute Gasteiger partial charge is 0.213 e. The lowest BCUT2D eigenvalue weighted by Gasteiger charge is -2.11. The van der Waals surface area contributed by atoms with Gasteiger partial charge in [0.05, 0.1) is 5.69 Å². The number of hydrogen-bond donors (Lipinski definition) is 0. The minimum Gasteiger partial charge on any atom is -0.317 e. The highest BCUT2D eigenvalue weighted by atomic mass is 16.1. The quantitative estimate of drug-likeness (QED) is 0.625. The zero-order valence-corrected chi connectivity index (χ0v) is 6.73. The number of para-hydroxylation sites is 1. The third-order valence-corrected chi connectivity index (χ3v) is 1.60. The van der Waals surface area contributed by atoms with Gasteiger partial charge in [0.2, 0.25) is 6.41 Å². The van der Waals surface area contributed by atoms with Gasteiger partial charge in [-0.3, -0.25) is 9.59 Å². The van der Waals surface area contributed by atoms with E-state index in [9.17, 15) is 9.59 Å². The van der Waals surface area contributed by atoms with Crippen molar-refractivity contribution in [2.75, 3.05) is 11.9 Å². The Morgan fingerprint density at radius 2 is 1.92 bits per heavy atom. The maximum Gasteiger partial charge on any atom is 0.213 e. The fourth-order valence-corrected chi connectivity index (χ4v) is 0.965. The Bertz CT molecular complexity index is 296. The number of carbonyl (C=O) groups is 2. The van der Waals surface area contributed by atoms with E-state index in [-0.39, 0.29) is 0 Å². The first-order chi connectivity index (χ1) is 5.79. The van der Waals surface area contributed by atoms with E-state index in [1.165, 1.54) is 4.90 Å². The molecule has 0 saturated heterocycles. The predicted molar refractivity (Wildman–Crippen MR) is 46.3 cm³/mol. The molecule has 0 aliphatic rings. The van der Waals surface area contributed by atoms with E-state index >= 15 is 0 Å². The van der Waals surface area contributed by atoms with Crippen LogP contribution in [0, 0.1) is 0 Å². The van der Waals surface area contributed by atoms with Crippen molar-refractivity contribution in [3.63, 3.8) is 0 Å². The number of nitrogens with zero attached hydrogens (tertiary/aromatic N) is 1. The Balaban J connectivity index is 3.12. The molecular formula is C9H9NO2. The first-order valence-corrected chi connectivity index (χ1v) is 3.52. The van der Waals surface area contributed by atoms with Crippen LogP contribution in [-0.2, 0) is 4.79 Å². The second-order valence-corrected chi connectivity index (χ2v) is 2.39. The van der Waals surface area contributed by atoms with Gasteiger partial charge in [-0.1, -0.05) is 12.1 Å². The Morgan fingerprint density at radius 3 is 2.50 bits per heavy atom. The van der Waals surface area contributed by atoms with Gasteiger partial charge >= 0.3 is 0 Å². The molecule has 12 heavy (non-hydrogen) atoms. The van der Waals surface area contributed by atoms with Gasteiger partial charge in [-0.25, -0.2) is 0 Å². The lowest BCUT2D eigenvalue weighted by Crippen LogP contribution is -2.15. The highest BCUT2D eigenvalue weighted by Gasteiger charge is 2.03. The molecule has 0 fully saturated rings. The topological polar surface area (TPSA) is 37.4 Å². The van der Waals surface area contributed by atoms with Crippen molar-refractivity contribution >= 4 is 18.4 Å². The number of anilines is 1. The summed E-state index contributed by atoms with van der Waals surface area (Å²) in [5.74, 6) is 0. The van der Waals surface area contributed by atoms with Crippen molar-refractivity contribution in [1.29, 1.82) is 0 Å². The summed E-state index contributed by atoms with van der Waals surface area (Å²) in [6.07, 6.45) is 1.40. The van der Waals surface area contributed by atoms with E-state index in [1.807, 2.05) is 0 Å². The second-order valence-electron chi connectivity index (χ2n) is 2.39. The van der Waals surface area contributed by atoms with Crippen LogP contribution < -0.4 is 4.90 Å². The van der Waals surface area contributed by atoms with E-state index in [2.05, 4.69) is 0 Å². The summed E-state index contributed by atoms with van der Waals surface area (Å²) < 4.78 is 0. The first kappa shape index (κ1) is 8.46. The molecule has 0 radical (unpaired) electrons. The molecule has 0 aromatic heterocycles. The Hall–Kier alpha value is -1.64. The third-order valence-electron chi connectivity index (χ3n) is 1.60. The summed E-state index contributed by atoms with van der Waals surface area (Å²) in [6.45, 7) is 0. The second kappa shape index (κ2) is 3.67. The van der Waals surface area contributed by atoms with Crippen LogP contribution in [0.5, 0.6) is 0 Å². The van der Waals surface area contributed by atoms with E-state index in [0.29, 0.717) is 17.7 Å². The molecule has 3 heteroatoms. The van der Waals surface area contributed by atoms with Crippen molar-refractivity contribution < 1.29 is 9.59 Å². The van der Waals surface area contributed by atoms with Gasteiger partial charge in [-0.15, -0.1) is 0 Å². The number of aldehydes is 1. The van der Waals surface area contributed by atoms with Crippen LogP contribution in [0.15, 0.2) is 24.3 Å². The van der Waals surface area contributed by atoms with Gasteiger partial charge in [0.15, 0.2) is 6.29 Å². The third kappa shape index (κ3) is 1.50. The predicted octanol–water partition coefficient (Wildman–Crippen LogP) is 1.09. The Morgan fingerprint density at radius 1 is 1.25 bits per heavy atom. The van der Waals surface area contributed by atoms with Gasteiger partial charge in [-0.2, -0.15) is 0 Å². The van der Waals surface area contributed by atoms with E-state index in [4.69, 9.17) is 0 Å². The molecular weight excluding hydrogens is 154 g/mol. The molecule has 1 rings (SSSR count). The normalized spacial score (nSPS) is 9.08. The van der Waals surface area contributed by atoms with Crippen molar-refractivity contribution in [3.8, 4) is 0 Å². The number of rotatable bonds is 3. The summed E-state index contributed by atoms with van der Waals surface area (Å²) in [6, 6.07) is 6.93. The molecule has 0 aliphatic carbocycles. The van der Waals surface area contributed by atoms with Crippen LogP contribution in [0.2, 0.25) is 0 Å². The van der Waals surface area contributed by atoms with Gasteiger partial charge < -0.3 is 4.90 Å². The minimum absolute atomic E-state index is 0.520. The highest BCUT2D eigenvalue weighted by molar-refractivity contribution is 5.89. The van der Waals surface area contributed by atoms with Crippen molar-refractivity contribution in [1.82, 2.24) is 0 Å². The molecule has 3 nitrogen and oxygen atoms in total. The minimum atomic E-state index is 0.520. The molecule has 0 aliphatic heterocycles. The number of benzene rings is 1. The zero-order chi connectivity index (χ0) is 8.97. The lowest BCUT2D eigenvalue weighted by atomic mass is 10.2. The van der Waals surface area contributed by atoms with Gasteiger partial charge in [0.1, 0.15) is 0 Å². The van der Waals surface area contributed by atoms with E-state index < -0.39 is 0 Å². The fraction of sp³-hybridized carbons (Fsp3) is 0.111. The molecule has 1 aromatic rings. The average molecular weight is 163 g/mol. The standard InChI is InChI=1S/C9H9NO2/c1-10(7-12)9-5-3-2-4-8(9)6-11/h2-7H,1H3. The number of carbonyl (C=O) groups excluding carboxylic acids is 2. The van der Waals surface area contributed by atoms with Crippen LogP contribution in [0.3, 0.4) is 0 Å². The van der Waals surface area contributed by atoms with Gasteiger partial charge in [0.25, 0.3) is 0 Å². The monoisotopic (exact) mass is 163 g/mol. The molecule has 1 aromatic carbocycles. The zero-order valence-electron chi connectivity index (χ0n) is 6.73. The summed E-state index contributed by atoms with van der Waals surface area (Å²) in [5.41, 5.74) is 1.15. The average Bonchev–Trinajstić information content (AvgIpc) is 2.16. The molecule has 0 atom stereocenters.